The van der Waals surface area contributed by atoms with Gasteiger partial charge in [-0.1, -0.05) is 13.3 Å². The Morgan fingerprint density at radius 3 is 2.75 bits per heavy atom. The van der Waals surface area contributed by atoms with Gasteiger partial charge in [0.15, 0.2) is 0 Å². The Bertz CT molecular complexity index is 446. The van der Waals surface area contributed by atoms with Crippen molar-refractivity contribution in [3.8, 4) is 0 Å². The Kier molecular flexibility index (Phi) is 5.16. The fraction of sp³-hybridized carbons (Fsp3) is 0.733. The lowest BCUT2D eigenvalue weighted by atomic mass is 9.74. The van der Waals surface area contributed by atoms with Crippen molar-refractivity contribution in [3.05, 3.63) is 16.1 Å². The summed E-state index contributed by atoms with van der Waals surface area (Å²) in [6, 6.07) is 0. The van der Waals surface area contributed by atoms with Gasteiger partial charge in [0, 0.05) is 12.4 Å². The van der Waals surface area contributed by atoms with E-state index in [1.165, 1.54) is 0 Å². The van der Waals surface area contributed by atoms with Crippen LogP contribution < -0.4 is 5.32 Å². The molecule has 1 aromatic rings. The first-order chi connectivity index (χ1) is 9.57. The fourth-order valence-corrected chi connectivity index (χ4v) is 3.76. The quantitative estimate of drug-likeness (QED) is 0.908. The molecule has 2 rings (SSSR count). The third kappa shape index (κ3) is 3.38. The Hall–Kier alpha value is -0.940. The molecule has 1 aliphatic heterocycles. The molecule has 0 spiro atoms. The lowest BCUT2D eigenvalue weighted by Crippen LogP contribution is -2.48. The van der Waals surface area contributed by atoms with Crippen LogP contribution >= 0.6 is 11.3 Å². The van der Waals surface area contributed by atoms with Crippen LogP contribution in [0.1, 0.15) is 43.3 Å². The highest BCUT2D eigenvalue weighted by molar-refractivity contribution is 7.09. The minimum atomic E-state index is -0.153. The molecule has 0 radical (unpaired) electrons. The molecule has 2 heterocycles. The summed E-state index contributed by atoms with van der Waals surface area (Å²) >= 11 is 1.64. The van der Waals surface area contributed by atoms with Crippen molar-refractivity contribution < 1.29 is 4.79 Å². The van der Waals surface area contributed by atoms with Crippen molar-refractivity contribution in [1.82, 2.24) is 15.2 Å². The second-order valence-corrected chi connectivity index (χ2v) is 6.86. The molecule has 112 valence electrons. The number of piperidine rings is 1. The van der Waals surface area contributed by atoms with Crippen LogP contribution in [0.5, 0.6) is 0 Å². The maximum Gasteiger partial charge on any atom is 0.228 e. The molecule has 1 fully saturated rings. The molecule has 0 saturated carbocycles. The molecular formula is C15H25N3OS. The molecule has 5 heteroatoms. The summed E-state index contributed by atoms with van der Waals surface area (Å²) in [6.45, 7) is 6.70. The van der Waals surface area contributed by atoms with E-state index < -0.39 is 0 Å². The Balaban J connectivity index is 2.06. The number of carbonyl (C=O) groups is 1. The SMILES string of the molecule is CCCC1(C(=O)N(C)Cc2csc(C)n2)CCNCC1. The van der Waals surface area contributed by atoms with E-state index in [4.69, 9.17) is 0 Å². The maximum atomic E-state index is 12.9. The summed E-state index contributed by atoms with van der Waals surface area (Å²) in [5.74, 6) is 0.298. The van der Waals surface area contributed by atoms with Gasteiger partial charge in [-0.25, -0.2) is 4.98 Å². The van der Waals surface area contributed by atoms with E-state index in [0.29, 0.717) is 12.5 Å². The van der Waals surface area contributed by atoms with Crippen molar-refractivity contribution in [2.45, 2.75) is 46.1 Å². The van der Waals surface area contributed by atoms with Crippen LogP contribution in [-0.4, -0.2) is 35.9 Å². The third-order valence-corrected chi connectivity index (χ3v) is 4.98. The lowest BCUT2D eigenvalue weighted by Gasteiger charge is -2.38. The van der Waals surface area contributed by atoms with Crippen LogP contribution in [0.3, 0.4) is 0 Å². The van der Waals surface area contributed by atoms with Gasteiger partial charge in [0.2, 0.25) is 5.91 Å². The Morgan fingerprint density at radius 2 is 2.20 bits per heavy atom. The second-order valence-electron chi connectivity index (χ2n) is 5.80. The number of thiazole rings is 1. The topological polar surface area (TPSA) is 45.2 Å². The summed E-state index contributed by atoms with van der Waals surface area (Å²) in [6.07, 6.45) is 3.98. The molecule has 0 aromatic carbocycles. The number of hydrogen-bond donors (Lipinski definition) is 1. The van der Waals surface area contributed by atoms with Crippen molar-refractivity contribution in [2.24, 2.45) is 5.41 Å². The zero-order valence-corrected chi connectivity index (χ0v) is 13.6. The number of nitrogens with one attached hydrogen (secondary N) is 1. The molecule has 0 bridgehead atoms. The second kappa shape index (κ2) is 6.68. The number of aromatic nitrogens is 1. The van der Waals surface area contributed by atoms with Crippen LogP contribution in [0.2, 0.25) is 0 Å². The van der Waals surface area contributed by atoms with E-state index in [1.807, 2.05) is 24.3 Å². The molecule has 1 amide bonds. The van der Waals surface area contributed by atoms with Gasteiger partial charge in [0.25, 0.3) is 0 Å². The first kappa shape index (κ1) is 15.4. The zero-order chi connectivity index (χ0) is 14.6. The molecule has 1 aromatic heterocycles. The van der Waals surface area contributed by atoms with Gasteiger partial charge in [-0.15, -0.1) is 11.3 Å². The van der Waals surface area contributed by atoms with Crippen molar-refractivity contribution in [2.75, 3.05) is 20.1 Å². The van der Waals surface area contributed by atoms with E-state index in [0.717, 1.165) is 49.5 Å². The smallest absolute Gasteiger partial charge is 0.228 e. The van der Waals surface area contributed by atoms with E-state index in [1.54, 1.807) is 11.3 Å². The van der Waals surface area contributed by atoms with E-state index in [2.05, 4.69) is 17.2 Å². The third-order valence-electron chi connectivity index (χ3n) is 4.16. The van der Waals surface area contributed by atoms with Gasteiger partial charge in [0.1, 0.15) is 0 Å². The van der Waals surface area contributed by atoms with Crippen molar-refractivity contribution >= 4 is 17.2 Å². The number of rotatable bonds is 5. The number of aryl methyl sites for hydroxylation is 1. The largest absolute Gasteiger partial charge is 0.339 e. The van der Waals surface area contributed by atoms with Crippen LogP contribution in [0, 0.1) is 12.3 Å². The first-order valence-electron chi connectivity index (χ1n) is 7.45. The van der Waals surface area contributed by atoms with Crippen molar-refractivity contribution in [3.63, 3.8) is 0 Å². The summed E-state index contributed by atoms with van der Waals surface area (Å²) in [4.78, 5) is 19.2. The summed E-state index contributed by atoms with van der Waals surface area (Å²) in [5.41, 5.74) is 0.851. The monoisotopic (exact) mass is 295 g/mol. The highest BCUT2D eigenvalue weighted by atomic mass is 32.1. The fourth-order valence-electron chi connectivity index (χ4n) is 3.16. The van der Waals surface area contributed by atoms with Crippen LogP contribution in [0.25, 0.3) is 0 Å². The zero-order valence-electron chi connectivity index (χ0n) is 12.7. The average Bonchev–Trinajstić information content (AvgIpc) is 2.84. The molecule has 1 N–H and O–H groups in total. The van der Waals surface area contributed by atoms with Crippen LogP contribution in [0.15, 0.2) is 5.38 Å². The minimum absolute atomic E-state index is 0.153. The number of amides is 1. The van der Waals surface area contributed by atoms with Gasteiger partial charge < -0.3 is 10.2 Å². The van der Waals surface area contributed by atoms with Crippen LogP contribution in [-0.2, 0) is 11.3 Å². The molecule has 20 heavy (non-hydrogen) atoms. The maximum absolute atomic E-state index is 12.9. The van der Waals surface area contributed by atoms with E-state index >= 15 is 0 Å². The highest BCUT2D eigenvalue weighted by Gasteiger charge is 2.40. The number of nitrogens with zero attached hydrogens (tertiary/aromatic N) is 2. The number of hydrogen-bond acceptors (Lipinski definition) is 4. The molecule has 0 atom stereocenters. The summed E-state index contributed by atoms with van der Waals surface area (Å²) in [7, 11) is 1.91. The van der Waals surface area contributed by atoms with Gasteiger partial charge in [-0.2, -0.15) is 0 Å². The van der Waals surface area contributed by atoms with Gasteiger partial charge >= 0.3 is 0 Å². The van der Waals surface area contributed by atoms with Gasteiger partial charge in [-0.3, -0.25) is 4.79 Å². The molecule has 0 unspecified atom stereocenters. The van der Waals surface area contributed by atoms with Gasteiger partial charge in [-0.05, 0) is 39.3 Å². The normalized spacial score (nSPS) is 17.9. The Morgan fingerprint density at radius 1 is 1.50 bits per heavy atom. The molecule has 1 saturated heterocycles. The predicted octanol–water partition coefficient (Wildman–Crippen LogP) is 2.58. The summed E-state index contributed by atoms with van der Waals surface area (Å²) < 4.78 is 0. The predicted molar refractivity (Wildman–Crippen MR) is 82.8 cm³/mol. The van der Waals surface area contributed by atoms with Crippen LogP contribution in [0.4, 0.5) is 0 Å². The summed E-state index contributed by atoms with van der Waals surface area (Å²) in [5, 5.41) is 6.47. The molecule has 0 aliphatic carbocycles. The van der Waals surface area contributed by atoms with Gasteiger partial charge in [0.05, 0.1) is 22.7 Å². The molecule has 4 nitrogen and oxygen atoms in total. The van der Waals surface area contributed by atoms with E-state index in [-0.39, 0.29) is 5.41 Å². The minimum Gasteiger partial charge on any atom is -0.339 e. The average molecular weight is 295 g/mol. The first-order valence-corrected chi connectivity index (χ1v) is 8.32. The highest BCUT2D eigenvalue weighted by Crippen LogP contribution is 2.36. The molecular weight excluding hydrogens is 270 g/mol. The van der Waals surface area contributed by atoms with E-state index in [9.17, 15) is 4.79 Å². The lowest BCUT2D eigenvalue weighted by molar-refractivity contribution is -0.143. The molecule has 1 aliphatic rings. The van der Waals surface area contributed by atoms with Crippen molar-refractivity contribution in [1.29, 1.82) is 0 Å². The standard InChI is InChI=1S/C15H25N3OS/c1-4-5-15(6-8-16-9-7-15)14(19)18(3)10-13-11-20-12(2)17-13/h11,16H,4-10H2,1-3H3. The number of carbonyl (C=O) groups excluding carboxylic acids is 1. The Labute approximate surface area is 125 Å².